The molecule has 2 heterocycles. The molecule has 0 aliphatic carbocycles. The van der Waals surface area contributed by atoms with Gasteiger partial charge in [0.25, 0.3) is 0 Å². The molecule has 1 aromatic rings. The van der Waals surface area contributed by atoms with Crippen molar-refractivity contribution in [3.05, 3.63) is 23.9 Å². The number of hydrogen-bond donors (Lipinski definition) is 0. The Kier molecular flexibility index (Phi) is 3.13. The predicted molar refractivity (Wildman–Crippen MR) is 57.2 cm³/mol. The lowest BCUT2D eigenvalue weighted by Crippen LogP contribution is -2.42. The van der Waals surface area contributed by atoms with Crippen molar-refractivity contribution in [1.29, 1.82) is 5.26 Å². The van der Waals surface area contributed by atoms with E-state index >= 15 is 0 Å². The maximum Gasteiger partial charge on any atom is 0.161 e. The van der Waals surface area contributed by atoms with Crippen molar-refractivity contribution in [2.24, 2.45) is 0 Å². The average Bonchev–Trinajstić information content (AvgIpc) is 2.38. The van der Waals surface area contributed by atoms with Crippen LogP contribution >= 0.6 is 0 Å². The second-order valence-electron chi connectivity index (χ2n) is 3.47. The van der Waals surface area contributed by atoms with E-state index < -0.39 is 6.10 Å². The van der Waals surface area contributed by atoms with Crippen molar-refractivity contribution in [3.63, 3.8) is 0 Å². The molecule has 0 N–H and O–H groups in total. The lowest BCUT2D eigenvalue weighted by atomic mass is 10.2. The van der Waals surface area contributed by atoms with Gasteiger partial charge in [0.1, 0.15) is 5.82 Å². The maximum absolute atomic E-state index is 10.9. The van der Waals surface area contributed by atoms with E-state index in [0.29, 0.717) is 31.1 Å². The summed E-state index contributed by atoms with van der Waals surface area (Å²) in [4.78, 5) is 16.9. The van der Waals surface area contributed by atoms with Crippen LogP contribution in [0.1, 0.15) is 10.4 Å². The Morgan fingerprint density at radius 1 is 1.69 bits per heavy atom. The zero-order valence-corrected chi connectivity index (χ0v) is 8.67. The number of carbonyl (C=O) groups excluding carboxylic acids is 1. The largest absolute Gasteiger partial charge is 0.360 e. The Hall–Kier alpha value is -1.93. The molecule has 0 aromatic carbocycles. The molecular weight excluding hydrogens is 206 g/mol. The van der Waals surface area contributed by atoms with Gasteiger partial charge in [0.05, 0.1) is 24.8 Å². The first-order valence-electron chi connectivity index (χ1n) is 5.01. The first-order chi connectivity index (χ1) is 7.85. The summed E-state index contributed by atoms with van der Waals surface area (Å²) in [5, 5.41) is 8.79. The highest BCUT2D eigenvalue weighted by atomic mass is 16.5. The van der Waals surface area contributed by atoms with Crippen LogP contribution in [0.4, 0.5) is 5.82 Å². The highest BCUT2D eigenvalue weighted by molar-refractivity contribution is 5.82. The monoisotopic (exact) mass is 217 g/mol. The summed E-state index contributed by atoms with van der Waals surface area (Å²) in [5.74, 6) is 0.626. The van der Waals surface area contributed by atoms with Gasteiger partial charge in [0.2, 0.25) is 0 Å². The SMILES string of the molecule is N#CC1CN(c2ncccc2C=O)CCO1. The summed E-state index contributed by atoms with van der Waals surface area (Å²) in [5.41, 5.74) is 0.543. The van der Waals surface area contributed by atoms with E-state index in [1.54, 1.807) is 18.3 Å². The van der Waals surface area contributed by atoms with Crippen LogP contribution in [0.25, 0.3) is 0 Å². The molecule has 5 nitrogen and oxygen atoms in total. The molecular formula is C11H11N3O2. The number of carbonyl (C=O) groups is 1. The third-order valence-corrected chi connectivity index (χ3v) is 2.45. The van der Waals surface area contributed by atoms with Crippen LogP contribution in [0.5, 0.6) is 0 Å². The molecule has 1 aliphatic heterocycles. The molecule has 0 saturated carbocycles. The number of nitriles is 1. The lowest BCUT2D eigenvalue weighted by Gasteiger charge is -2.31. The van der Waals surface area contributed by atoms with E-state index in [1.165, 1.54) is 0 Å². The first-order valence-corrected chi connectivity index (χ1v) is 5.01. The Morgan fingerprint density at radius 2 is 2.56 bits per heavy atom. The van der Waals surface area contributed by atoms with Gasteiger partial charge in [-0.1, -0.05) is 0 Å². The molecule has 1 saturated heterocycles. The van der Waals surface area contributed by atoms with Crippen LogP contribution in [0.2, 0.25) is 0 Å². The summed E-state index contributed by atoms with van der Waals surface area (Å²) >= 11 is 0. The third-order valence-electron chi connectivity index (χ3n) is 2.45. The normalized spacial score (nSPS) is 20.2. The Balaban J connectivity index is 2.23. The van der Waals surface area contributed by atoms with Crippen molar-refractivity contribution < 1.29 is 9.53 Å². The van der Waals surface area contributed by atoms with Gasteiger partial charge in [-0.3, -0.25) is 4.79 Å². The second-order valence-corrected chi connectivity index (χ2v) is 3.47. The van der Waals surface area contributed by atoms with Gasteiger partial charge in [-0.25, -0.2) is 4.98 Å². The average molecular weight is 217 g/mol. The molecule has 82 valence electrons. The molecule has 1 aliphatic rings. The van der Waals surface area contributed by atoms with Crippen molar-refractivity contribution in [2.45, 2.75) is 6.10 Å². The van der Waals surface area contributed by atoms with Crippen molar-refractivity contribution in [3.8, 4) is 6.07 Å². The molecule has 0 amide bonds. The fraction of sp³-hybridized carbons (Fsp3) is 0.364. The van der Waals surface area contributed by atoms with E-state index in [4.69, 9.17) is 10.00 Å². The van der Waals surface area contributed by atoms with Gasteiger partial charge in [0, 0.05) is 12.7 Å². The van der Waals surface area contributed by atoms with Crippen molar-refractivity contribution in [1.82, 2.24) is 4.98 Å². The van der Waals surface area contributed by atoms with E-state index in [9.17, 15) is 4.79 Å². The minimum absolute atomic E-state index is 0.449. The standard InChI is InChI=1S/C11H11N3O2/c12-6-10-7-14(4-5-16-10)11-9(8-15)2-1-3-13-11/h1-3,8,10H,4-5,7H2. The summed E-state index contributed by atoms with van der Waals surface area (Å²) in [7, 11) is 0. The highest BCUT2D eigenvalue weighted by Gasteiger charge is 2.22. The molecule has 16 heavy (non-hydrogen) atoms. The van der Waals surface area contributed by atoms with E-state index in [2.05, 4.69) is 11.1 Å². The third kappa shape index (κ3) is 2.02. The number of morpholine rings is 1. The van der Waals surface area contributed by atoms with Gasteiger partial charge >= 0.3 is 0 Å². The van der Waals surface area contributed by atoms with Gasteiger partial charge < -0.3 is 9.64 Å². The van der Waals surface area contributed by atoms with E-state index in [0.717, 1.165) is 6.29 Å². The van der Waals surface area contributed by atoms with Crippen molar-refractivity contribution in [2.75, 3.05) is 24.6 Å². The number of hydrogen-bond acceptors (Lipinski definition) is 5. The summed E-state index contributed by atoms with van der Waals surface area (Å²) in [6.07, 6.45) is 1.97. The van der Waals surface area contributed by atoms with Gasteiger partial charge in [-0.05, 0) is 12.1 Å². The van der Waals surface area contributed by atoms with Crippen LogP contribution in [-0.2, 0) is 4.74 Å². The molecule has 5 heteroatoms. The van der Waals surface area contributed by atoms with Crippen LogP contribution in [0.15, 0.2) is 18.3 Å². The van der Waals surface area contributed by atoms with E-state index in [1.807, 2.05) is 4.90 Å². The number of anilines is 1. The van der Waals surface area contributed by atoms with Crippen LogP contribution in [0, 0.1) is 11.3 Å². The Morgan fingerprint density at radius 3 is 3.31 bits per heavy atom. The van der Waals surface area contributed by atoms with Crippen LogP contribution in [-0.4, -0.2) is 37.1 Å². The summed E-state index contributed by atoms with van der Waals surface area (Å²) in [6.45, 7) is 1.58. The number of rotatable bonds is 2. The fourth-order valence-corrected chi connectivity index (χ4v) is 1.69. The van der Waals surface area contributed by atoms with Gasteiger partial charge in [-0.15, -0.1) is 0 Å². The molecule has 1 fully saturated rings. The summed E-state index contributed by atoms with van der Waals surface area (Å²) in [6, 6.07) is 5.49. The lowest BCUT2D eigenvalue weighted by molar-refractivity contribution is 0.0760. The number of aromatic nitrogens is 1. The minimum Gasteiger partial charge on any atom is -0.360 e. The van der Waals surface area contributed by atoms with Gasteiger partial charge in [0.15, 0.2) is 12.4 Å². The Labute approximate surface area is 93.3 Å². The first kappa shape index (κ1) is 10.6. The number of ether oxygens (including phenoxy) is 1. The minimum atomic E-state index is -0.449. The predicted octanol–water partition coefficient (Wildman–Crippen LogP) is 0.623. The smallest absolute Gasteiger partial charge is 0.161 e. The Bertz CT molecular complexity index is 427. The zero-order valence-electron chi connectivity index (χ0n) is 8.67. The quantitative estimate of drug-likeness (QED) is 0.679. The second kappa shape index (κ2) is 4.73. The molecule has 0 bridgehead atoms. The van der Waals surface area contributed by atoms with Gasteiger partial charge in [-0.2, -0.15) is 5.26 Å². The highest BCUT2D eigenvalue weighted by Crippen LogP contribution is 2.18. The number of nitrogens with zero attached hydrogens (tertiary/aromatic N) is 3. The topological polar surface area (TPSA) is 66.2 Å². The fourth-order valence-electron chi connectivity index (χ4n) is 1.69. The zero-order chi connectivity index (χ0) is 11.4. The number of aldehydes is 1. The molecule has 0 spiro atoms. The van der Waals surface area contributed by atoms with E-state index in [-0.39, 0.29) is 0 Å². The molecule has 1 unspecified atom stereocenters. The van der Waals surface area contributed by atoms with Crippen molar-refractivity contribution >= 4 is 12.1 Å². The summed E-state index contributed by atoms with van der Waals surface area (Å²) < 4.78 is 5.23. The van der Waals surface area contributed by atoms with Crippen LogP contribution < -0.4 is 4.90 Å². The molecule has 1 atom stereocenters. The molecule has 1 aromatic heterocycles. The maximum atomic E-state index is 10.9. The molecule has 2 rings (SSSR count). The van der Waals surface area contributed by atoms with Crippen LogP contribution in [0.3, 0.4) is 0 Å². The molecule has 0 radical (unpaired) electrons. The number of pyridine rings is 1.